The Balaban J connectivity index is 0.00000232. The molecule has 1 rings (SSSR count). The van der Waals surface area contributed by atoms with Gasteiger partial charge in [-0.2, -0.15) is 0 Å². The molecule has 0 aromatic heterocycles. The minimum Gasteiger partial charge on any atom is -0.380 e. The van der Waals surface area contributed by atoms with Gasteiger partial charge >= 0.3 is 0 Å². The van der Waals surface area contributed by atoms with Crippen molar-refractivity contribution in [1.82, 2.24) is 10.2 Å². The second kappa shape index (κ2) is 17.7. The molecule has 23 heavy (non-hydrogen) atoms. The number of carbonyl (C=O) groups excluding carboxylic acids is 1. The first-order valence-corrected chi connectivity index (χ1v) is 8.99. The molecule has 1 saturated heterocycles. The van der Waals surface area contributed by atoms with Crippen LogP contribution in [0.5, 0.6) is 0 Å². The first-order chi connectivity index (χ1) is 11.3. The summed E-state index contributed by atoms with van der Waals surface area (Å²) >= 11 is 0. The van der Waals surface area contributed by atoms with Gasteiger partial charge in [-0.15, -0.1) is 0 Å². The van der Waals surface area contributed by atoms with Gasteiger partial charge in [0, 0.05) is 26.8 Å². The summed E-state index contributed by atoms with van der Waals surface area (Å²) in [5.74, 6) is -0.114. The molecule has 6 nitrogen and oxygen atoms in total. The van der Waals surface area contributed by atoms with Crippen LogP contribution in [0, 0.1) is 0 Å². The lowest BCUT2D eigenvalue weighted by Crippen LogP contribution is -2.32. The maximum Gasteiger partial charge on any atom is 0.245 e. The van der Waals surface area contributed by atoms with E-state index in [9.17, 15) is 4.79 Å². The number of nitrogens with one attached hydrogen (secondary N) is 1. The molecule has 0 radical (unpaired) electrons. The summed E-state index contributed by atoms with van der Waals surface area (Å²) in [6.07, 6.45) is 4.93. The van der Waals surface area contributed by atoms with Gasteiger partial charge in [-0.05, 0) is 32.4 Å². The van der Waals surface area contributed by atoms with Crippen molar-refractivity contribution in [2.75, 3.05) is 66.3 Å². The molecular formula is C17H36N2O4. The van der Waals surface area contributed by atoms with Crippen LogP contribution in [0.1, 0.15) is 39.5 Å². The van der Waals surface area contributed by atoms with Gasteiger partial charge in [0.1, 0.15) is 6.61 Å². The van der Waals surface area contributed by atoms with Gasteiger partial charge in [0.15, 0.2) is 0 Å². The minimum atomic E-state index is -0.114. The Bertz CT molecular complexity index is 259. The van der Waals surface area contributed by atoms with E-state index < -0.39 is 0 Å². The van der Waals surface area contributed by atoms with Crippen molar-refractivity contribution in [2.45, 2.75) is 39.5 Å². The van der Waals surface area contributed by atoms with Gasteiger partial charge in [0.2, 0.25) is 5.91 Å². The Morgan fingerprint density at radius 3 is 2.17 bits per heavy atom. The average Bonchev–Trinajstić information content (AvgIpc) is 2.62. The third-order valence-corrected chi connectivity index (χ3v) is 3.46. The molecule has 0 aliphatic carbocycles. The minimum absolute atomic E-state index is 0.0967. The zero-order chi connectivity index (χ0) is 17.2. The molecule has 0 atom stereocenters. The summed E-state index contributed by atoms with van der Waals surface area (Å²) in [7, 11) is 1.59. The molecule has 1 aliphatic rings. The summed E-state index contributed by atoms with van der Waals surface area (Å²) in [5.41, 5.74) is 0. The molecule has 1 amide bonds. The summed E-state index contributed by atoms with van der Waals surface area (Å²) in [5, 5.41) is 2.49. The highest BCUT2D eigenvalue weighted by molar-refractivity contribution is 5.76. The van der Waals surface area contributed by atoms with E-state index in [1.54, 1.807) is 7.05 Å². The fraction of sp³-hybridized carbons (Fsp3) is 0.941. The summed E-state index contributed by atoms with van der Waals surface area (Å²) in [4.78, 5) is 13.3. The molecule has 0 spiro atoms. The van der Waals surface area contributed by atoms with E-state index in [0.717, 1.165) is 26.2 Å². The first-order valence-electron chi connectivity index (χ1n) is 8.99. The normalized spacial score (nSPS) is 14.9. The number of hydrogen-bond donors (Lipinski definition) is 1. The first kappa shape index (κ1) is 22.3. The molecule has 1 fully saturated rings. The largest absolute Gasteiger partial charge is 0.380 e. The Hall–Kier alpha value is -0.690. The predicted molar refractivity (Wildman–Crippen MR) is 92.8 cm³/mol. The van der Waals surface area contributed by atoms with Crippen molar-refractivity contribution in [3.05, 3.63) is 0 Å². The third-order valence-electron chi connectivity index (χ3n) is 3.46. The van der Waals surface area contributed by atoms with Crippen molar-refractivity contribution in [2.24, 2.45) is 0 Å². The molecule has 0 aromatic carbocycles. The number of rotatable bonds is 12. The second-order valence-corrected chi connectivity index (χ2v) is 5.21. The topological polar surface area (TPSA) is 60.0 Å². The van der Waals surface area contributed by atoms with Gasteiger partial charge in [0.25, 0.3) is 0 Å². The molecule has 0 bridgehead atoms. The monoisotopic (exact) mass is 332 g/mol. The molecule has 1 heterocycles. The number of likely N-dealkylation sites (tertiary alicyclic amines) is 1. The van der Waals surface area contributed by atoms with E-state index in [4.69, 9.17) is 14.2 Å². The number of carbonyl (C=O) groups is 1. The van der Waals surface area contributed by atoms with Gasteiger partial charge in [-0.1, -0.05) is 20.3 Å². The molecule has 1 N–H and O–H groups in total. The lowest BCUT2D eigenvalue weighted by atomic mass is 10.1. The van der Waals surface area contributed by atoms with Crippen LogP contribution < -0.4 is 5.32 Å². The maximum absolute atomic E-state index is 10.9. The SMILES string of the molecule is CC.CNC(=O)COCCOCCCOCCN1CCCCC1. The highest BCUT2D eigenvalue weighted by Gasteiger charge is 2.08. The highest BCUT2D eigenvalue weighted by atomic mass is 16.5. The lowest BCUT2D eigenvalue weighted by molar-refractivity contribution is -0.125. The number of hydrogen-bond acceptors (Lipinski definition) is 5. The van der Waals surface area contributed by atoms with E-state index in [0.29, 0.717) is 19.8 Å². The molecule has 0 saturated carbocycles. The Kier molecular flexibility index (Phi) is 17.1. The zero-order valence-electron chi connectivity index (χ0n) is 15.3. The molecule has 0 aromatic rings. The summed E-state index contributed by atoms with van der Waals surface area (Å²) in [6, 6.07) is 0. The van der Waals surface area contributed by atoms with Gasteiger partial charge < -0.3 is 24.4 Å². The highest BCUT2D eigenvalue weighted by Crippen LogP contribution is 2.07. The summed E-state index contributed by atoms with van der Waals surface area (Å²) in [6.45, 7) is 10.8. The van der Waals surface area contributed by atoms with Crippen molar-refractivity contribution in [3.63, 3.8) is 0 Å². The number of likely N-dealkylation sites (N-methyl/N-ethyl adjacent to an activating group) is 1. The quantitative estimate of drug-likeness (QED) is 0.551. The molecule has 138 valence electrons. The van der Waals surface area contributed by atoms with Crippen LogP contribution in [0.3, 0.4) is 0 Å². The number of amides is 1. The van der Waals surface area contributed by atoms with E-state index in [2.05, 4.69) is 10.2 Å². The Morgan fingerprint density at radius 2 is 1.52 bits per heavy atom. The van der Waals surface area contributed by atoms with Crippen molar-refractivity contribution >= 4 is 5.91 Å². The zero-order valence-corrected chi connectivity index (χ0v) is 15.3. The van der Waals surface area contributed by atoms with Crippen LogP contribution >= 0.6 is 0 Å². The number of piperidine rings is 1. The van der Waals surface area contributed by atoms with Crippen LogP contribution in [0.2, 0.25) is 0 Å². The number of ether oxygens (including phenoxy) is 3. The predicted octanol–water partition coefficient (Wildman–Crippen LogP) is 1.68. The van der Waals surface area contributed by atoms with Crippen LogP contribution in [-0.2, 0) is 19.0 Å². The van der Waals surface area contributed by atoms with E-state index >= 15 is 0 Å². The molecular weight excluding hydrogens is 296 g/mol. The van der Waals surface area contributed by atoms with Crippen LogP contribution in [0.15, 0.2) is 0 Å². The van der Waals surface area contributed by atoms with Gasteiger partial charge in [-0.3, -0.25) is 4.79 Å². The fourth-order valence-corrected chi connectivity index (χ4v) is 2.20. The molecule has 6 heteroatoms. The van der Waals surface area contributed by atoms with E-state index in [1.165, 1.54) is 32.4 Å². The fourth-order valence-electron chi connectivity index (χ4n) is 2.20. The maximum atomic E-state index is 10.9. The van der Waals surface area contributed by atoms with Crippen LogP contribution in [0.4, 0.5) is 0 Å². The van der Waals surface area contributed by atoms with E-state index in [-0.39, 0.29) is 12.5 Å². The average molecular weight is 332 g/mol. The van der Waals surface area contributed by atoms with Crippen molar-refractivity contribution in [1.29, 1.82) is 0 Å². The number of nitrogens with zero attached hydrogens (tertiary/aromatic N) is 1. The second-order valence-electron chi connectivity index (χ2n) is 5.21. The van der Waals surface area contributed by atoms with Crippen LogP contribution in [-0.4, -0.2) is 77.1 Å². The third kappa shape index (κ3) is 14.6. The Labute approximate surface area is 141 Å². The molecule has 1 aliphatic heterocycles. The van der Waals surface area contributed by atoms with Crippen LogP contribution in [0.25, 0.3) is 0 Å². The lowest BCUT2D eigenvalue weighted by Gasteiger charge is -2.26. The van der Waals surface area contributed by atoms with Gasteiger partial charge in [-0.25, -0.2) is 0 Å². The van der Waals surface area contributed by atoms with Crippen molar-refractivity contribution < 1.29 is 19.0 Å². The van der Waals surface area contributed by atoms with E-state index in [1.807, 2.05) is 13.8 Å². The Morgan fingerprint density at radius 1 is 0.913 bits per heavy atom. The molecule has 0 unspecified atom stereocenters. The standard InChI is InChI=1S/C15H30N2O4.C2H6/c1-16-15(18)14-21-13-12-20-10-5-9-19-11-8-17-6-3-2-4-7-17;1-2/h2-14H2,1H3,(H,16,18);1-2H3. The summed E-state index contributed by atoms with van der Waals surface area (Å²) < 4.78 is 16.1. The van der Waals surface area contributed by atoms with Gasteiger partial charge in [0.05, 0.1) is 19.8 Å². The smallest absolute Gasteiger partial charge is 0.245 e. The van der Waals surface area contributed by atoms with Crippen molar-refractivity contribution in [3.8, 4) is 0 Å².